The highest BCUT2D eigenvalue weighted by Crippen LogP contribution is 2.32. The first kappa shape index (κ1) is 16.2. The summed E-state index contributed by atoms with van der Waals surface area (Å²) in [7, 11) is 0. The lowest BCUT2D eigenvalue weighted by atomic mass is 9.86. The minimum absolute atomic E-state index is 0.0214. The molecule has 3 aliphatic heterocycles. The number of carbonyl (C=O) groups is 1. The summed E-state index contributed by atoms with van der Waals surface area (Å²) in [4.78, 5) is 14.9. The van der Waals surface area contributed by atoms with Crippen molar-refractivity contribution in [3.8, 4) is 11.1 Å². The van der Waals surface area contributed by atoms with Gasteiger partial charge in [-0.2, -0.15) is 0 Å². The van der Waals surface area contributed by atoms with Crippen LogP contribution in [0.15, 0.2) is 48.5 Å². The summed E-state index contributed by atoms with van der Waals surface area (Å²) in [6, 6.07) is 16.1. The minimum Gasteiger partial charge on any atom is -0.444 e. The molecule has 2 aromatic rings. The molecule has 5 rings (SSSR count). The molecule has 4 heteroatoms. The van der Waals surface area contributed by atoms with Crippen LogP contribution in [0.2, 0.25) is 0 Å². The van der Waals surface area contributed by atoms with Gasteiger partial charge >= 0.3 is 6.09 Å². The van der Waals surface area contributed by atoms with Crippen LogP contribution in [0, 0.1) is 12.8 Å². The Morgan fingerprint density at radius 1 is 1.04 bits per heavy atom. The van der Waals surface area contributed by atoms with E-state index in [-0.39, 0.29) is 12.2 Å². The van der Waals surface area contributed by atoms with Gasteiger partial charge in [0.15, 0.2) is 0 Å². The zero-order valence-corrected chi connectivity index (χ0v) is 14.6. The van der Waals surface area contributed by atoms with Crippen molar-refractivity contribution in [2.75, 3.05) is 25.0 Å². The highest BCUT2D eigenvalue weighted by atomic mass is 16.6. The largest absolute Gasteiger partial charge is 0.444 e. The number of piperidine rings is 3. The van der Waals surface area contributed by atoms with Crippen molar-refractivity contribution in [1.29, 1.82) is 0 Å². The molecule has 3 saturated heterocycles. The van der Waals surface area contributed by atoms with Crippen LogP contribution in [-0.2, 0) is 4.74 Å². The number of hydrogen-bond acceptors (Lipinski definition) is 3. The number of amides is 1. The molecule has 2 bridgehead atoms. The van der Waals surface area contributed by atoms with Gasteiger partial charge in [-0.1, -0.05) is 42.5 Å². The third kappa shape index (κ3) is 3.40. The molecule has 0 saturated carbocycles. The predicted octanol–water partition coefficient (Wildman–Crippen LogP) is 4.30. The van der Waals surface area contributed by atoms with Crippen LogP contribution in [-0.4, -0.2) is 36.7 Å². The lowest BCUT2D eigenvalue weighted by molar-refractivity contribution is -0.0289. The maximum absolute atomic E-state index is 12.5. The topological polar surface area (TPSA) is 41.6 Å². The fourth-order valence-electron chi connectivity index (χ4n) is 4.02. The molecule has 4 nitrogen and oxygen atoms in total. The first-order valence-corrected chi connectivity index (χ1v) is 9.06. The van der Waals surface area contributed by atoms with Crippen LogP contribution in [0.1, 0.15) is 18.4 Å². The molecule has 25 heavy (non-hydrogen) atoms. The maximum atomic E-state index is 12.5. The van der Waals surface area contributed by atoms with Crippen molar-refractivity contribution >= 4 is 11.8 Å². The molecule has 0 aromatic heterocycles. The Balaban J connectivity index is 1.49. The number of carbonyl (C=O) groups excluding carboxylic acids is 1. The first-order chi connectivity index (χ1) is 12.2. The number of hydrogen-bond donors (Lipinski definition) is 1. The van der Waals surface area contributed by atoms with E-state index in [1.165, 1.54) is 5.56 Å². The summed E-state index contributed by atoms with van der Waals surface area (Å²) >= 11 is 0. The van der Waals surface area contributed by atoms with E-state index in [0.29, 0.717) is 5.92 Å². The van der Waals surface area contributed by atoms with E-state index in [0.717, 1.165) is 49.3 Å². The molecule has 0 spiro atoms. The Morgan fingerprint density at radius 3 is 2.40 bits per heavy atom. The van der Waals surface area contributed by atoms with Gasteiger partial charge in [-0.3, -0.25) is 10.2 Å². The number of benzene rings is 2. The molecule has 1 unspecified atom stereocenters. The Hall–Kier alpha value is -2.33. The van der Waals surface area contributed by atoms with E-state index in [1.54, 1.807) is 0 Å². The van der Waals surface area contributed by atoms with Gasteiger partial charge in [-0.05, 0) is 56.0 Å². The van der Waals surface area contributed by atoms with Crippen LogP contribution in [0.5, 0.6) is 0 Å². The van der Waals surface area contributed by atoms with Crippen LogP contribution >= 0.6 is 0 Å². The zero-order chi connectivity index (χ0) is 17.2. The number of nitrogens with zero attached hydrogens (tertiary/aromatic N) is 1. The van der Waals surface area contributed by atoms with Crippen LogP contribution < -0.4 is 5.32 Å². The van der Waals surface area contributed by atoms with Gasteiger partial charge in [0.25, 0.3) is 0 Å². The Labute approximate surface area is 148 Å². The van der Waals surface area contributed by atoms with Gasteiger partial charge < -0.3 is 4.74 Å². The normalized spacial score (nSPS) is 24.8. The molecule has 0 radical (unpaired) electrons. The Kier molecular flexibility index (Phi) is 4.45. The summed E-state index contributed by atoms with van der Waals surface area (Å²) in [5.74, 6) is 0.516. The number of nitrogens with one attached hydrogen (secondary N) is 1. The number of para-hydroxylation sites is 1. The summed E-state index contributed by atoms with van der Waals surface area (Å²) in [5.41, 5.74) is 4.12. The molecule has 3 fully saturated rings. The van der Waals surface area contributed by atoms with Gasteiger partial charge in [0.05, 0.1) is 5.69 Å². The van der Waals surface area contributed by atoms with Crippen LogP contribution in [0.25, 0.3) is 11.1 Å². The summed E-state index contributed by atoms with van der Waals surface area (Å²) in [5, 5.41) is 2.96. The Bertz CT molecular complexity index is 766. The highest BCUT2D eigenvalue weighted by molar-refractivity contribution is 5.92. The average Bonchev–Trinajstić information content (AvgIpc) is 2.64. The molecule has 2 aromatic carbocycles. The van der Waals surface area contributed by atoms with E-state index in [9.17, 15) is 4.79 Å². The third-order valence-corrected chi connectivity index (χ3v) is 5.45. The fourth-order valence-corrected chi connectivity index (χ4v) is 4.02. The molecule has 3 aliphatic rings. The van der Waals surface area contributed by atoms with Crippen LogP contribution in [0.3, 0.4) is 0 Å². The van der Waals surface area contributed by atoms with Gasteiger partial charge in [0.1, 0.15) is 6.10 Å². The molecular weight excluding hydrogens is 312 g/mol. The monoisotopic (exact) mass is 336 g/mol. The van der Waals surface area contributed by atoms with Gasteiger partial charge in [0, 0.05) is 12.1 Å². The average molecular weight is 336 g/mol. The van der Waals surface area contributed by atoms with E-state index in [1.807, 2.05) is 36.4 Å². The first-order valence-electron chi connectivity index (χ1n) is 9.06. The predicted molar refractivity (Wildman–Crippen MR) is 99.7 cm³/mol. The van der Waals surface area contributed by atoms with E-state index < -0.39 is 0 Å². The van der Waals surface area contributed by atoms with E-state index in [2.05, 4.69) is 29.3 Å². The molecule has 3 heterocycles. The molecule has 1 amide bonds. The number of aryl methyl sites for hydroxylation is 1. The number of anilines is 1. The lowest BCUT2D eigenvalue weighted by Gasteiger charge is -2.43. The maximum Gasteiger partial charge on any atom is 0.411 e. The summed E-state index contributed by atoms with van der Waals surface area (Å²) < 4.78 is 5.76. The molecule has 1 atom stereocenters. The van der Waals surface area contributed by atoms with Gasteiger partial charge in [-0.15, -0.1) is 0 Å². The molecule has 0 aliphatic carbocycles. The number of ether oxygens (including phenoxy) is 1. The smallest absolute Gasteiger partial charge is 0.411 e. The SMILES string of the molecule is Cc1ccccc1-c1ccccc1NC(=O)OC1CN2CCC1CC2. The van der Waals surface area contributed by atoms with Gasteiger partial charge in [0.2, 0.25) is 0 Å². The second-order valence-electron chi connectivity index (χ2n) is 7.07. The second kappa shape index (κ2) is 6.89. The highest BCUT2D eigenvalue weighted by Gasteiger charge is 2.36. The van der Waals surface area contributed by atoms with Crippen molar-refractivity contribution in [3.05, 3.63) is 54.1 Å². The fraction of sp³-hybridized carbons (Fsp3) is 0.381. The second-order valence-corrected chi connectivity index (χ2v) is 7.07. The van der Waals surface area contributed by atoms with Crippen molar-refractivity contribution in [2.24, 2.45) is 5.92 Å². The minimum atomic E-state index is -0.347. The third-order valence-electron chi connectivity index (χ3n) is 5.45. The summed E-state index contributed by atoms with van der Waals surface area (Å²) in [6.07, 6.45) is 1.95. The molecular formula is C21H24N2O2. The number of fused-ring (bicyclic) bond motifs is 3. The summed E-state index contributed by atoms with van der Waals surface area (Å²) in [6.45, 7) is 5.24. The molecule has 130 valence electrons. The number of rotatable bonds is 3. The van der Waals surface area contributed by atoms with Gasteiger partial charge in [-0.25, -0.2) is 4.79 Å². The van der Waals surface area contributed by atoms with Crippen molar-refractivity contribution < 1.29 is 9.53 Å². The van der Waals surface area contributed by atoms with Crippen molar-refractivity contribution in [1.82, 2.24) is 4.90 Å². The standard InChI is InChI=1S/C21H24N2O2/c1-15-6-2-3-7-17(15)18-8-4-5-9-19(18)22-21(24)25-20-14-23-12-10-16(20)11-13-23/h2-9,16,20H,10-14H2,1H3,(H,22,24). The Morgan fingerprint density at radius 2 is 1.72 bits per heavy atom. The quantitative estimate of drug-likeness (QED) is 0.908. The zero-order valence-electron chi connectivity index (χ0n) is 14.6. The van der Waals surface area contributed by atoms with E-state index >= 15 is 0 Å². The van der Waals surface area contributed by atoms with Crippen molar-refractivity contribution in [3.63, 3.8) is 0 Å². The van der Waals surface area contributed by atoms with E-state index in [4.69, 9.17) is 4.74 Å². The lowest BCUT2D eigenvalue weighted by Crippen LogP contribution is -2.52. The van der Waals surface area contributed by atoms with Crippen molar-refractivity contribution in [2.45, 2.75) is 25.9 Å². The molecule has 1 N–H and O–H groups in total. The van der Waals surface area contributed by atoms with Crippen LogP contribution in [0.4, 0.5) is 10.5 Å².